The number of hydrogen-bond acceptors (Lipinski definition) is 2. The van der Waals surface area contributed by atoms with Crippen molar-refractivity contribution in [1.82, 2.24) is 0 Å². The molecule has 0 bridgehead atoms. The highest BCUT2D eigenvalue weighted by Crippen LogP contribution is 2.21. The second-order valence-corrected chi connectivity index (χ2v) is 6.82. The summed E-state index contributed by atoms with van der Waals surface area (Å²) in [6, 6.07) is 6.81. The van der Waals surface area contributed by atoms with Crippen molar-refractivity contribution in [3.63, 3.8) is 0 Å². The lowest BCUT2D eigenvalue weighted by Crippen LogP contribution is -3.20. The molecule has 2 rings (SSSR count). The van der Waals surface area contributed by atoms with E-state index in [9.17, 15) is 5.11 Å². The zero-order valence-corrected chi connectivity index (χ0v) is 14.0. The van der Waals surface area contributed by atoms with Gasteiger partial charge in [-0.1, -0.05) is 11.6 Å². The molecule has 0 saturated carbocycles. The van der Waals surface area contributed by atoms with E-state index in [-0.39, 0.29) is 0 Å². The predicted octanol–water partition coefficient (Wildman–Crippen LogP) is 2.23. The summed E-state index contributed by atoms with van der Waals surface area (Å²) in [5.41, 5.74) is 1.00. The number of halogens is 1. The Kier molecular flexibility index (Phi) is 5.91. The van der Waals surface area contributed by atoms with Gasteiger partial charge in [0.05, 0.1) is 12.1 Å². The van der Waals surface area contributed by atoms with Crippen LogP contribution < -0.4 is 9.64 Å². The zero-order chi connectivity index (χ0) is 15.4. The standard InChI is InChI=1S/C17H26ClNO2/c1-12-9-15(18)7-8-17(12)21-11-16(20)10-19-13(2)5-4-6-14(19)3/h7-9,13-14,16,20H,4-6,10-11H2,1-3H3/p+1/t13-,14-,16+/m0/s1. The quantitative estimate of drug-likeness (QED) is 0.874. The highest BCUT2D eigenvalue weighted by molar-refractivity contribution is 6.30. The molecule has 0 spiro atoms. The molecule has 3 atom stereocenters. The molecular weight excluding hydrogens is 286 g/mol. The lowest BCUT2D eigenvalue weighted by atomic mass is 9.97. The Morgan fingerprint density at radius 3 is 2.62 bits per heavy atom. The molecule has 1 aliphatic heterocycles. The van der Waals surface area contributed by atoms with Crippen LogP contribution in [0, 0.1) is 6.92 Å². The van der Waals surface area contributed by atoms with Crippen LogP contribution in [0.15, 0.2) is 18.2 Å². The van der Waals surface area contributed by atoms with E-state index < -0.39 is 6.10 Å². The van der Waals surface area contributed by atoms with Crippen LogP contribution in [0.5, 0.6) is 5.75 Å². The molecule has 1 saturated heterocycles. The molecule has 1 fully saturated rings. The van der Waals surface area contributed by atoms with Crippen LogP contribution in [-0.4, -0.2) is 36.4 Å². The number of rotatable bonds is 5. The van der Waals surface area contributed by atoms with Gasteiger partial charge in [0.15, 0.2) is 0 Å². The van der Waals surface area contributed by atoms with Gasteiger partial charge in [-0.3, -0.25) is 0 Å². The SMILES string of the molecule is Cc1cc(Cl)ccc1OC[C@H](O)C[NH+]1[C@@H](C)CCC[C@@H]1C. The van der Waals surface area contributed by atoms with Crippen molar-refractivity contribution >= 4 is 11.6 Å². The van der Waals surface area contributed by atoms with E-state index in [0.29, 0.717) is 23.7 Å². The van der Waals surface area contributed by atoms with Gasteiger partial charge >= 0.3 is 0 Å². The Hall–Kier alpha value is -0.770. The summed E-state index contributed by atoms with van der Waals surface area (Å²) < 4.78 is 5.74. The maximum Gasteiger partial charge on any atom is 0.137 e. The van der Waals surface area contributed by atoms with Gasteiger partial charge in [-0.15, -0.1) is 0 Å². The van der Waals surface area contributed by atoms with E-state index in [1.165, 1.54) is 24.2 Å². The lowest BCUT2D eigenvalue weighted by Gasteiger charge is -2.36. The van der Waals surface area contributed by atoms with Crippen LogP contribution in [0.25, 0.3) is 0 Å². The number of aryl methyl sites for hydroxylation is 1. The van der Waals surface area contributed by atoms with Crippen molar-refractivity contribution in [1.29, 1.82) is 0 Å². The number of piperidine rings is 1. The number of ether oxygens (including phenoxy) is 1. The van der Waals surface area contributed by atoms with Gasteiger partial charge in [0, 0.05) is 5.02 Å². The summed E-state index contributed by atoms with van der Waals surface area (Å²) in [6.45, 7) is 7.62. The molecule has 1 heterocycles. The second kappa shape index (κ2) is 7.48. The van der Waals surface area contributed by atoms with Gasteiger partial charge in [0.1, 0.15) is 25.0 Å². The molecule has 3 nitrogen and oxygen atoms in total. The molecular formula is C17H27ClNO2+. The Morgan fingerprint density at radius 1 is 1.33 bits per heavy atom. The van der Waals surface area contributed by atoms with Crippen molar-refractivity contribution in [3.05, 3.63) is 28.8 Å². The summed E-state index contributed by atoms with van der Waals surface area (Å²) >= 11 is 5.93. The minimum Gasteiger partial charge on any atom is -0.490 e. The molecule has 21 heavy (non-hydrogen) atoms. The number of benzene rings is 1. The first kappa shape index (κ1) is 16.6. The summed E-state index contributed by atoms with van der Waals surface area (Å²) in [7, 11) is 0. The Labute approximate surface area is 132 Å². The van der Waals surface area contributed by atoms with Crippen LogP contribution in [-0.2, 0) is 0 Å². The molecule has 0 aliphatic carbocycles. The monoisotopic (exact) mass is 312 g/mol. The molecule has 1 aromatic rings. The van der Waals surface area contributed by atoms with E-state index in [1.54, 1.807) is 0 Å². The zero-order valence-electron chi connectivity index (χ0n) is 13.2. The van der Waals surface area contributed by atoms with Crippen molar-refractivity contribution in [2.45, 2.75) is 58.2 Å². The molecule has 0 radical (unpaired) electrons. The van der Waals surface area contributed by atoms with E-state index >= 15 is 0 Å². The average Bonchev–Trinajstić information content (AvgIpc) is 2.42. The third kappa shape index (κ3) is 4.60. The minimum absolute atomic E-state index is 0.339. The average molecular weight is 313 g/mol. The summed E-state index contributed by atoms with van der Waals surface area (Å²) in [5, 5.41) is 11.0. The Morgan fingerprint density at radius 2 is 2.00 bits per heavy atom. The van der Waals surface area contributed by atoms with Crippen molar-refractivity contribution in [2.24, 2.45) is 0 Å². The van der Waals surface area contributed by atoms with Crippen LogP contribution in [0.3, 0.4) is 0 Å². The van der Waals surface area contributed by atoms with Crippen LogP contribution in [0.2, 0.25) is 5.02 Å². The fourth-order valence-electron chi connectivity index (χ4n) is 3.28. The minimum atomic E-state index is -0.432. The highest BCUT2D eigenvalue weighted by atomic mass is 35.5. The summed E-state index contributed by atoms with van der Waals surface area (Å²) in [4.78, 5) is 1.50. The van der Waals surface area contributed by atoms with Gasteiger partial charge in [0.25, 0.3) is 0 Å². The van der Waals surface area contributed by atoms with E-state index in [0.717, 1.165) is 17.9 Å². The first-order valence-corrected chi connectivity index (χ1v) is 8.27. The Balaban J connectivity index is 1.85. The molecule has 0 unspecified atom stereocenters. The van der Waals surface area contributed by atoms with Crippen molar-refractivity contribution in [2.75, 3.05) is 13.2 Å². The summed E-state index contributed by atoms with van der Waals surface area (Å²) in [6.07, 6.45) is 3.38. The van der Waals surface area contributed by atoms with Crippen molar-refractivity contribution in [3.8, 4) is 5.75 Å². The molecule has 1 aliphatic rings. The largest absolute Gasteiger partial charge is 0.490 e. The topological polar surface area (TPSA) is 33.9 Å². The van der Waals surface area contributed by atoms with E-state index in [1.807, 2.05) is 25.1 Å². The maximum absolute atomic E-state index is 10.3. The smallest absolute Gasteiger partial charge is 0.137 e. The number of likely N-dealkylation sites (tertiary alicyclic amines) is 1. The molecule has 0 aromatic heterocycles. The normalized spacial score (nSPS) is 24.8. The molecule has 1 aromatic carbocycles. The molecule has 4 heteroatoms. The summed E-state index contributed by atoms with van der Waals surface area (Å²) in [5.74, 6) is 0.799. The molecule has 118 valence electrons. The van der Waals surface area contributed by atoms with Gasteiger partial charge in [0.2, 0.25) is 0 Å². The number of aliphatic hydroxyl groups excluding tert-OH is 1. The van der Waals surface area contributed by atoms with Gasteiger partial charge in [-0.2, -0.15) is 0 Å². The van der Waals surface area contributed by atoms with E-state index in [4.69, 9.17) is 16.3 Å². The first-order chi connectivity index (χ1) is 9.97. The number of hydrogen-bond donors (Lipinski definition) is 2. The van der Waals surface area contributed by atoms with Crippen LogP contribution in [0.1, 0.15) is 38.7 Å². The number of aliphatic hydroxyl groups is 1. The maximum atomic E-state index is 10.3. The van der Waals surface area contributed by atoms with E-state index in [2.05, 4.69) is 13.8 Å². The molecule has 2 N–H and O–H groups in total. The lowest BCUT2D eigenvalue weighted by molar-refractivity contribution is -0.954. The van der Waals surface area contributed by atoms with Crippen molar-refractivity contribution < 1.29 is 14.7 Å². The molecule has 0 amide bonds. The Bertz CT molecular complexity index is 456. The third-order valence-electron chi connectivity index (χ3n) is 4.58. The van der Waals surface area contributed by atoms with Gasteiger partial charge < -0.3 is 14.7 Å². The fraction of sp³-hybridized carbons (Fsp3) is 0.647. The fourth-order valence-corrected chi connectivity index (χ4v) is 3.51. The van der Waals surface area contributed by atoms with Gasteiger partial charge in [-0.05, 0) is 63.8 Å². The van der Waals surface area contributed by atoms with Gasteiger partial charge in [-0.25, -0.2) is 0 Å². The van der Waals surface area contributed by atoms with Crippen LogP contribution >= 0.6 is 11.6 Å². The first-order valence-electron chi connectivity index (χ1n) is 7.90. The predicted molar refractivity (Wildman–Crippen MR) is 86.3 cm³/mol. The number of quaternary nitrogens is 1. The van der Waals surface area contributed by atoms with Crippen LogP contribution in [0.4, 0.5) is 0 Å². The number of nitrogens with one attached hydrogen (secondary N) is 1. The highest BCUT2D eigenvalue weighted by Gasteiger charge is 2.30. The second-order valence-electron chi connectivity index (χ2n) is 6.39. The third-order valence-corrected chi connectivity index (χ3v) is 4.81.